The van der Waals surface area contributed by atoms with Crippen molar-refractivity contribution in [2.75, 3.05) is 6.26 Å². The van der Waals surface area contributed by atoms with Gasteiger partial charge in [0, 0.05) is 11.8 Å². The van der Waals surface area contributed by atoms with Gasteiger partial charge in [0.2, 0.25) is 0 Å². The van der Waals surface area contributed by atoms with Gasteiger partial charge in [0.1, 0.15) is 0 Å². The molecule has 0 fully saturated rings. The van der Waals surface area contributed by atoms with Gasteiger partial charge in [-0.15, -0.1) is 0 Å². The summed E-state index contributed by atoms with van der Waals surface area (Å²) in [7, 11) is -3.35. The molecule has 0 spiro atoms. The Bertz CT molecular complexity index is 1100. The first-order chi connectivity index (χ1) is 12.3. The van der Waals surface area contributed by atoms with Crippen LogP contribution in [0.15, 0.2) is 70.5 Å². The van der Waals surface area contributed by atoms with Crippen molar-refractivity contribution in [2.24, 2.45) is 0 Å². The second kappa shape index (κ2) is 6.88. The predicted molar refractivity (Wildman–Crippen MR) is 103 cm³/mol. The van der Waals surface area contributed by atoms with Gasteiger partial charge in [-0.1, -0.05) is 42.5 Å². The first-order valence-electron chi connectivity index (χ1n) is 8.27. The highest BCUT2D eigenvalue weighted by atomic mass is 32.2. The molecule has 1 heterocycles. The fourth-order valence-corrected chi connectivity index (χ4v) is 3.50. The van der Waals surface area contributed by atoms with E-state index >= 15 is 0 Å². The van der Waals surface area contributed by atoms with Gasteiger partial charge >= 0.3 is 0 Å². The number of sulfone groups is 1. The standard InChI is InChI=1S/C20H20N2O3S/c1-14(2)22-20(23)19(15-8-5-4-6-9-15)18(13-21-22)16-10-7-11-17(12-16)26(3,24)25/h4-14H,1-3H3. The lowest BCUT2D eigenvalue weighted by atomic mass is 9.97. The molecule has 0 bridgehead atoms. The Labute approximate surface area is 152 Å². The number of benzene rings is 2. The van der Waals surface area contributed by atoms with Crippen LogP contribution in [0.3, 0.4) is 0 Å². The summed E-state index contributed by atoms with van der Waals surface area (Å²) < 4.78 is 25.2. The minimum atomic E-state index is -3.35. The smallest absolute Gasteiger partial charge is 0.267 e. The molecule has 1 aromatic heterocycles. The van der Waals surface area contributed by atoms with E-state index in [2.05, 4.69) is 5.10 Å². The summed E-state index contributed by atoms with van der Waals surface area (Å²) in [4.78, 5) is 13.3. The molecule has 0 radical (unpaired) electrons. The van der Waals surface area contributed by atoms with Crippen LogP contribution in [0.25, 0.3) is 22.3 Å². The first-order valence-corrected chi connectivity index (χ1v) is 10.2. The van der Waals surface area contributed by atoms with Crippen molar-refractivity contribution in [3.8, 4) is 22.3 Å². The topological polar surface area (TPSA) is 69.0 Å². The molecule has 5 nitrogen and oxygen atoms in total. The lowest BCUT2D eigenvalue weighted by molar-refractivity contribution is 0.504. The van der Waals surface area contributed by atoms with E-state index in [1.165, 1.54) is 10.9 Å². The van der Waals surface area contributed by atoms with Crippen LogP contribution in [0.2, 0.25) is 0 Å². The molecule has 2 aromatic carbocycles. The summed E-state index contributed by atoms with van der Waals surface area (Å²) >= 11 is 0. The third-order valence-corrected chi connectivity index (χ3v) is 5.24. The minimum absolute atomic E-state index is 0.0821. The van der Waals surface area contributed by atoms with Crippen molar-refractivity contribution in [2.45, 2.75) is 24.8 Å². The maximum Gasteiger partial charge on any atom is 0.275 e. The molecule has 6 heteroatoms. The van der Waals surface area contributed by atoms with Crippen molar-refractivity contribution in [1.29, 1.82) is 0 Å². The maximum atomic E-state index is 13.1. The lowest BCUT2D eigenvalue weighted by Gasteiger charge is -2.15. The zero-order chi connectivity index (χ0) is 18.9. The summed E-state index contributed by atoms with van der Waals surface area (Å²) in [6.45, 7) is 3.79. The Morgan fingerprint density at radius 2 is 1.62 bits per heavy atom. The molecule has 0 unspecified atom stereocenters. The Morgan fingerprint density at radius 3 is 2.23 bits per heavy atom. The van der Waals surface area contributed by atoms with E-state index in [0.29, 0.717) is 16.7 Å². The van der Waals surface area contributed by atoms with Crippen molar-refractivity contribution in [3.63, 3.8) is 0 Å². The van der Waals surface area contributed by atoms with Crippen LogP contribution in [0.4, 0.5) is 0 Å². The van der Waals surface area contributed by atoms with Crippen LogP contribution in [0.1, 0.15) is 19.9 Å². The van der Waals surface area contributed by atoms with E-state index in [9.17, 15) is 13.2 Å². The zero-order valence-electron chi connectivity index (χ0n) is 14.9. The molecule has 3 aromatic rings. The van der Waals surface area contributed by atoms with Crippen LogP contribution < -0.4 is 5.56 Å². The van der Waals surface area contributed by atoms with Gasteiger partial charge in [0.05, 0.1) is 22.7 Å². The van der Waals surface area contributed by atoms with Gasteiger partial charge in [-0.2, -0.15) is 5.10 Å². The van der Waals surface area contributed by atoms with Crippen LogP contribution >= 0.6 is 0 Å². The summed E-state index contributed by atoms with van der Waals surface area (Å²) in [6, 6.07) is 15.9. The predicted octanol–water partition coefficient (Wildman–Crippen LogP) is 3.56. The zero-order valence-corrected chi connectivity index (χ0v) is 15.7. The second-order valence-corrected chi connectivity index (χ2v) is 8.46. The SMILES string of the molecule is CC(C)n1ncc(-c2cccc(S(C)(=O)=O)c2)c(-c2ccccc2)c1=O. The summed E-state index contributed by atoms with van der Waals surface area (Å²) in [5, 5.41) is 4.29. The summed E-state index contributed by atoms with van der Waals surface area (Å²) in [5.74, 6) is 0. The Morgan fingerprint density at radius 1 is 0.962 bits per heavy atom. The highest BCUT2D eigenvalue weighted by Gasteiger charge is 2.17. The Balaban J connectivity index is 2.33. The normalized spacial score (nSPS) is 11.7. The highest BCUT2D eigenvalue weighted by molar-refractivity contribution is 7.90. The summed E-state index contributed by atoms with van der Waals surface area (Å²) in [5.41, 5.74) is 2.35. The first kappa shape index (κ1) is 18.1. The van der Waals surface area contributed by atoms with Crippen LogP contribution in [0, 0.1) is 0 Å². The van der Waals surface area contributed by atoms with Gasteiger partial charge in [0.25, 0.3) is 5.56 Å². The summed E-state index contributed by atoms with van der Waals surface area (Å²) in [6.07, 6.45) is 2.80. The number of rotatable bonds is 4. The van der Waals surface area contributed by atoms with Gasteiger partial charge in [0.15, 0.2) is 9.84 Å². The third-order valence-electron chi connectivity index (χ3n) is 4.13. The molecular formula is C20H20N2O3S. The molecule has 0 atom stereocenters. The maximum absolute atomic E-state index is 13.1. The molecular weight excluding hydrogens is 348 g/mol. The molecule has 0 saturated heterocycles. The van der Waals surface area contributed by atoms with Gasteiger partial charge in [-0.3, -0.25) is 4.79 Å². The quantitative estimate of drug-likeness (QED) is 0.706. The van der Waals surface area contributed by atoms with Crippen molar-refractivity contribution in [3.05, 3.63) is 71.1 Å². The molecule has 0 aliphatic heterocycles. The molecule has 26 heavy (non-hydrogen) atoms. The van der Waals surface area contributed by atoms with Crippen LogP contribution in [-0.2, 0) is 9.84 Å². The Hall–Kier alpha value is -2.73. The lowest BCUT2D eigenvalue weighted by Crippen LogP contribution is -2.26. The molecule has 0 amide bonds. The van der Waals surface area contributed by atoms with Gasteiger partial charge < -0.3 is 0 Å². The second-order valence-electron chi connectivity index (χ2n) is 6.44. The van der Waals surface area contributed by atoms with Crippen LogP contribution in [-0.4, -0.2) is 24.5 Å². The third kappa shape index (κ3) is 3.46. The van der Waals surface area contributed by atoms with E-state index in [0.717, 1.165) is 5.56 Å². The van der Waals surface area contributed by atoms with Gasteiger partial charge in [-0.25, -0.2) is 13.1 Å². The van der Waals surface area contributed by atoms with Crippen LogP contribution in [0.5, 0.6) is 0 Å². The van der Waals surface area contributed by atoms with Crippen molar-refractivity contribution >= 4 is 9.84 Å². The molecule has 134 valence electrons. The number of hydrogen-bond acceptors (Lipinski definition) is 4. The van der Waals surface area contributed by atoms with E-state index in [1.807, 2.05) is 44.2 Å². The fraction of sp³-hybridized carbons (Fsp3) is 0.200. The minimum Gasteiger partial charge on any atom is -0.267 e. The Kier molecular flexibility index (Phi) is 4.78. The van der Waals surface area contributed by atoms with E-state index in [4.69, 9.17) is 0 Å². The van der Waals surface area contributed by atoms with E-state index in [1.54, 1.807) is 30.5 Å². The average molecular weight is 368 g/mol. The average Bonchev–Trinajstić information content (AvgIpc) is 2.61. The monoisotopic (exact) mass is 368 g/mol. The highest BCUT2D eigenvalue weighted by Crippen LogP contribution is 2.30. The number of aromatic nitrogens is 2. The molecule has 0 aliphatic rings. The molecule has 3 rings (SSSR count). The molecule has 0 aliphatic carbocycles. The van der Waals surface area contributed by atoms with Gasteiger partial charge in [-0.05, 0) is 37.1 Å². The largest absolute Gasteiger partial charge is 0.275 e. The number of nitrogens with zero attached hydrogens (tertiary/aromatic N) is 2. The van der Waals surface area contributed by atoms with E-state index < -0.39 is 9.84 Å². The number of hydrogen-bond donors (Lipinski definition) is 0. The molecule has 0 saturated carbocycles. The van der Waals surface area contributed by atoms with E-state index in [-0.39, 0.29) is 16.5 Å². The van der Waals surface area contributed by atoms with Crippen molar-refractivity contribution in [1.82, 2.24) is 9.78 Å². The van der Waals surface area contributed by atoms with Crippen molar-refractivity contribution < 1.29 is 8.42 Å². The molecule has 0 N–H and O–H groups in total. The fourth-order valence-electron chi connectivity index (χ4n) is 2.83.